The van der Waals surface area contributed by atoms with E-state index in [4.69, 9.17) is 4.74 Å². The van der Waals surface area contributed by atoms with Crippen molar-refractivity contribution in [3.8, 4) is 0 Å². The lowest BCUT2D eigenvalue weighted by Gasteiger charge is -2.28. The van der Waals surface area contributed by atoms with Gasteiger partial charge in [0.1, 0.15) is 0 Å². The number of para-hydroxylation sites is 1. The third-order valence-electron chi connectivity index (χ3n) is 5.28. The van der Waals surface area contributed by atoms with Crippen LogP contribution in [0.3, 0.4) is 0 Å². The topological polar surface area (TPSA) is 34.5 Å². The molecular weight excluding hydrogens is 324 g/mol. The summed E-state index contributed by atoms with van der Waals surface area (Å²) in [5.74, 6) is -0.271. The van der Waals surface area contributed by atoms with Crippen LogP contribution in [0.15, 0.2) is 54.7 Å². The number of rotatable bonds is 5. The Bertz CT molecular complexity index is 929. The zero-order chi connectivity index (χ0) is 17.9. The average molecular weight is 348 g/mol. The summed E-state index contributed by atoms with van der Waals surface area (Å²) in [7, 11) is 1.43. The largest absolute Gasteiger partial charge is 0.465 e. The minimum Gasteiger partial charge on any atom is -0.465 e. The van der Waals surface area contributed by atoms with Gasteiger partial charge >= 0.3 is 5.97 Å². The molecule has 26 heavy (non-hydrogen) atoms. The maximum atomic E-state index is 12.0. The van der Waals surface area contributed by atoms with Crippen molar-refractivity contribution in [2.75, 3.05) is 20.2 Å². The number of carbonyl (C=O) groups excluding carboxylic acids is 1. The van der Waals surface area contributed by atoms with Crippen molar-refractivity contribution in [1.82, 2.24) is 9.47 Å². The van der Waals surface area contributed by atoms with E-state index in [9.17, 15) is 4.79 Å². The highest BCUT2D eigenvalue weighted by Gasteiger charge is 2.17. The van der Waals surface area contributed by atoms with Gasteiger partial charge in [-0.25, -0.2) is 4.79 Å². The molecule has 4 heteroatoms. The second-order valence-corrected chi connectivity index (χ2v) is 6.89. The lowest BCUT2D eigenvalue weighted by molar-refractivity contribution is 0.0602. The average Bonchev–Trinajstić information content (AvgIpc) is 3.06. The molecule has 3 aromatic rings. The Morgan fingerprint density at radius 2 is 1.81 bits per heavy atom. The molecule has 0 spiro atoms. The fourth-order valence-electron chi connectivity index (χ4n) is 3.91. The molecule has 134 valence electrons. The number of hydrogen-bond donors (Lipinski definition) is 0. The summed E-state index contributed by atoms with van der Waals surface area (Å²) >= 11 is 0. The smallest absolute Gasteiger partial charge is 0.340 e. The molecule has 0 unspecified atom stereocenters. The second kappa shape index (κ2) is 7.34. The normalized spacial score (nSPS) is 14.3. The van der Waals surface area contributed by atoms with E-state index in [0.29, 0.717) is 5.56 Å². The maximum absolute atomic E-state index is 12.0. The summed E-state index contributed by atoms with van der Waals surface area (Å²) in [5, 5.41) is 0.964. The predicted octanol–water partition coefficient (Wildman–Crippen LogP) is 3.88. The van der Waals surface area contributed by atoms with Crippen LogP contribution in [0.25, 0.3) is 10.9 Å². The summed E-state index contributed by atoms with van der Waals surface area (Å²) in [6, 6.07) is 16.8. The molecular formula is C22H24N2O2. The van der Waals surface area contributed by atoms with Gasteiger partial charge in [0.2, 0.25) is 0 Å². The van der Waals surface area contributed by atoms with Crippen LogP contribution in [-0.4, -0.2) is 35.6 Å². The Balaban J connectivity index is 1.43. The number of fused-ring (bicyclic) bond motifs is 2. The minimum absolute atomic E-state index is 0.271. The molecule has 0 N–H and O–H groups in total. The molecule has 0 atom stereocenters. The Labute approximate surface area is 154 Å². The molecule has 4 nitrogen and oxygen atoms in total. The molecule has 4 rings (SSSR count). The van der Waals surface area contributed by atoms with E-state index in [1.807, 2.05) is 24.4 Å². The van der Waals surface area contributed by atoms with Crippen molar-refractivity contribution in [1.29, 1.82) is 0 Å². The van der Waals surface area contributed by atoms with Crippen molar-refractivity contribution in [3.63, 3.8) is 0 Å². The highest BCUT2D eigenvalue weighted by molar-refractivity contribution is 6.04. The van der Waals surface area contributed by atoms with Crippen LogP contribution in [0.2, 0.25) is 0 Å². The van der Waals surface area contributed by atoms with Gasteiger partial charge in [0, 0.05) is 43.3 Å². The number of methoxy groups -OCH3 is 1. The van der Waals surface area contributed by atoms with Crippen molar-refractivity contribution in [2.45, 2.75) is 25.9 Å². The summed E-state index contributed by atoms with van der Waals surface area (Å²) in [6.07, 6.45) is 4.12. The van der Waals surface area contributed by atoms with Crippen LogP contribution in [0.5, 0.6) is 0 Å². The first-order valence-corrected chi connectivity index (χ1v) is 9.21. The fourth-order valence-corrected chi connectivity index (χ4v) is 3.91. The third-order valence-corrected chi connectivity index (χ3v) is 5.28. The van der Waals surface area contributed by atoms with E-state index in [1.165, 1.54) is 18.2 Å². The first kappa shape index (κ1) is 16.9. The third kappa shape index (κ3) is 3.25. The van der Waals surface area contributed by atoms with E-state index in [-0.39, 0.29) is 5.97 Å². The van der Waals surface area contributed by atoms with E-state index in [2.05, 4.69) is 39.8 Å². The summed E-state index contributed by atoms with van der Waals surface area (Å²) in [4.78, 5) is 14.6. The molecule has 0 aliphatic carbocycles. The lowest BCUT2D eigenvalue weighted by Crippen LogP contribution is -2.31. The zero-order valence-electron chi connectivity index (χ0n) is 15.1. The van der Waals surface area contributed by atoms with Gasteiger partial charge < -0.3 is 9.30 Å². The Kier molecular flexibility index (Phi) is 4.76. The minimum atomic E-state index is -0.271. The first-order chi connectivity index (χ1) is 12.8. The highest BCUT2D eigenvalue weighted by atomic mass is 16.5. The SMILES string of the molecule is COC(=O)c1cn(CCCN2CCc3ccccc3C2)c2ccccc12. The van der Waals surface area contributed by atoms with Crippen molar-refractivity contribution in [3.05, 3.63) is 71.4 Å². The number of carbonyl (C=O) groups is 1. The van der Waals surface area contributed by atoms with Gasteiger partial charge in [-0.15, -0.1) is 0 Å². The van der Waals surface area contributed by atoms with Crippen LogP contribution in [0, 0.1) is 0 Å². The van der Waals surface area contributed by atoms with Gasteiger partial charge in [-0.05, 0) is 30.0 Å². The van der Waals surface area contributed by atoms with Crippen LogP contribution in [0.1, 0.15) is 27.9 Å². The molecule has 1 aliphatic rings. The number of benzene rings is 2. The summed E-state index contributed by atoms with van der Waals surface area (Å²) < 4.78 is 7.11. The Morgan fingerprint density at radius 1 is 1.04 bits per heavy atom. The molecule has 1 aromatic heterocycles. The number of esters is 1. The van der Waals surface area contributed by atoms with Gasteiger partial charge in [-0.3, -0.25) is 4.90 Å². The predicted molar refractivity (Wildman–Crippen MR) is 103 cm³/mol. The molecule has 0 radical (unpaired) electrons. The lowest BCUT2D eigenvalue weighted by atomic mass is 10.00. The van der Waals surface area contributed by atoms with Crippen LogP contribution in [0.4, 0.5) is 0 Å². The summed E-state index contributed by atoms with van der Waals surface area (Å²) in [5.41, 5.74) is 4.69. The van der Waals surface area contributed by atoms with E-state index >= 15 is 0 Å². The number of nitrogens with zero attached hydrogens (tertiary/aromatic N) is 2. The fraction of sp³-hybridized carbons (Fsp3) is 0.318. The van der Waals surface area contributed by atoms with Crippen LogP contribution < -0.4 is 0 Å². The van der Waals surface area contributed by atoms with Crippen molar-refractivity contribution >= 4 is 16.9 Å². The zero-order valence-corrected chi connectivity index (χ0v) is 15.1. The van der Waals surface area contributed by atoms with Gasteiger partial charge in [-0.1, -0.05) is 42.5 Å². The molecule has 0 saturated carbocycles. The monoisotopic (exact) mass is 348 g/mol. The van der Waals surface area contributed by atoms with Gasteiger partial charge in [0.15, 0.2) is 0 Å². The number of aromatic nitrogens is 1. The molecule has 1 aliphatic heterocycles. The molecule has 0 amide bonds. The molecule has 2 aromatic carbocycles. The molecule has 0 fully saturated rings. The van der Waals surface area contributed by atoms with Crippen molar-refractivity contribution in [2.24, 2.45) is 0 Å². The van der Waals surface area contributed by atoms with Crippen LogP contribution >= 0.6 is 0 Å². The standard InChI is InChI=1S/C22H24N2O2/c1-26-22(25)20-16-24(21-10-5-4-9-19(20)21)13-6-12-23-14-11-17-7-2-3-8-18(17)15-23/h2-5,7-10,16H,6,11-15H2,1H3. The van der Waals surface area contributed by atoms with E-state index in [1.54, 1.807) is 0 Å². The molecule has 2 heterocycles. The van der Waals surface area contributed by atoms with Gasteiger partial charge in [0.25, 0.3) is 0 Å². The number of hydrogen-bond acceptors (Lipinski definition) is 3. The maximum Gasteiger partial charge on any atom is 0.340 e. The quantitative estimate of drug-likeness (QED) is 0.656. The molecule has 0 saturated heterocycles. The summed E-state index contributed by atoms with van der Waals surface area (Å²) in [6.45, 7) is 4.12. The Morgan fingerprint density at radius 3 is 2.65 bits per heavy atom. The molecule has 0 bridgehead atoms. The van der Waals surface area contributed by atoms with Gasteiger partial charge in [-0.2, -0.15) is 0 Å². The number of aryl methyl sites for hydroxylation is 1. The Hall–Kier alpha value is -2.59. The van der Waals surface area contributed by atoms with E-state index < -0.39 is 0 Å². The highest BCUT2D eigenvalue weighted by Crippen LogP contribution is 2.23. The van der Waals surface area contributed by atoms with E-state index in [0.717, 1.165) is 49.9 Å². The van der Waals surface area contributed by atoms with Gasteiger partial charge in [0.05, 0.1) is 12.7 Å². The first-order valence-electron chi connectivity index (χ1n) is 9.21. The van der Waals surface area contributed by atoms with Crippen molar-refractivity contribution < 1.29 is 9.53 Å². The van der Waals surface area contributed by atoms with Crippen LogP contribution in [-0.2, 0) is 24.2 Å². The second-order valence-electron chi connectivity index (χ2n) is 6.89. The number of ether oxygens (including phenoxy) is 1.